The Bertz CT molecular complexity index is 833. The molecule has 10 nitrogen and oxygen atoms in total. The van der Waals surface area contributed by atoms with E-state index in [2.05, 4.69) is 15.4 Å². The SMILES string of the molecule is COC(=O)c1cccc(OCC(=O)NCCCCCCCNC(=O)OC(C)(C)C)c1C(=O)OC. The molecule has 0 atom stereocenters. The minimum Gasteiger partial charge on any atom is -0.483 e. The Morgan fingerprint density at radius 2 is 1.41 bits per heavy atom. The van der Waals surface area contributed by atoms with Crippen molar-refractivity contribution in [3.8, 4) is 5.75 Å². The molecule has 1 rings (SSSR count). The molecule has 0 fully saturated rings. The van der Waals surface area contributed by atoms with Gasteiger partial charge in [0.15, 0.2) is 6.61 Å². The maximum absolute atomic E-state index is 12.1. The van der Waals surface area contributed by atoms with Crippen LogP contribution in [0.2, 0.25) is 0 Å². The number of hydrogen-bond acceptors (Lipinski definition) is 8. The van der Waals surface area contributed by atoms with Crippen LogP contribution in [0.5, 0.6) is 5.75 Å². The number of carbonyl (C=O) groups excluding carboxylic acids is 4. The molecule has 1 aromatic rings. The van der Waals surface area contributed by atoms with E-state index in [0.717, 1.165) is 32.1 Å². The van der Waals surface area contributed by atoms with Crippen molar-refractivity contribution in [1.29, 1.82) is 0 Å². The highest BCUT2D eigenvalue weighted by Crippen LogP contribution is 2.24. The van der Waals surface area contributed by atoms with Gasteiger partial charge in [-0.15, -0.1) is 0 Å². The van der Waals surface area contributed by atoms with Gasteiger partial charge < -0.3 is 29.6 Å². The maximum Gasteiger partial charge on any atom is 0.407 e. The molecule has 34 heavy (non-hydrogen) atoms. The van der Waals surface area contributed by atoms with Crippen molar-refractivity contribution in [3.05, 3.63) is 29.3 Å². The highest BCUT2D eigenvalue weighted by Gasteiger charge is 2.23. The molecule has 0 unspecified atom stereocenters. The van der Waals surface area contributed by atoms with Gasteiger partial charge in [-0.1, -0.05) is 25.3 Å². The second kappa shape index (κ2) is 14.8. The number of rotatable bonds is 13. The molecule has 1 aromatic carbocycles. The van der Waals surface area contributed by atoms with Gasteiger partial charge in [0.25, 0.3) is 5.91 Å². The van der Waals surface area contributed by atoms with E-state index in [9.17, 15) is 19.2 Å². The van der Waals surface area contributed by atoms with Crippen LogP contribution >= 0.6 is 0 Å². The zero-order valence-electron chi connectivity index (χ0n) is 20.7. The second-order valence-electron chi connectivity index (χ2n) is 8.50. The number of esters is 2. The fraction of sp³-hybridized carbons (Fsp3) is 0.583. The molecule has 2 amide bonds. The largest absolute Gasteiger partial charge is 0.483 e. The van der Waals surface area contributed by atoms with Crippen molar-refractivity contribution < 1.29 is 38.1 Å². The lowest BCUT2D eigenvalue weighted by Crippen LogP contribution is -2.33. The van der Waals surface area contributed by atoms with Crippen LogP contribution in [0.15, 0.2) is 18.2 Å². The zero-order chi connectivity index (χ0) is 25.6. The molecule has 190 valence electrons. The van der Waals surface area contributed by atoms with Gasteiger partial charge in [0.1, 0.15) is 16.9 Å². The van der Waals surface area contributed by atoms with Crippen LogP contribution in [0.1, 0.15) is 73.6 Å². The topological polar surface area (TPSA) is 129 Å². The normalized spacial score (nSPS) is 10.7. The van der Waals surface area contributed by atoms with Gasteiger partial charge in [-0.05, 0) is 45.7 Å². The smallest absolute Gasteiger partial charge is 0.407 e. The summed E-state index contributed by atoms with van der Waals surface area (Å²) in [6, 6.07) is 4.41. The number of alkyl carbamates (subject to hydrolysis) is 1. The summed E-state index contributed by atoms with van der Waals surface area (Å²) in [6.45, 7) is 6.20. The van der Waals surface area contributed by atoms with E-state index in [-0.39, 0.29) is 29.4 Å². The Morgan fingerprint density at radius 1 is 0.824 bits per heavy atom. The highest BCUT2D eigenvalue weighted by atomic mass is 16.6. The Hall–Kier alpha value is -3.30. The van der Waals surface area contributed by atoms with Crippen LogP contribution < -0.4 is 15.4 Å². The van der Waals surface area contributed by atoms with Gasteiger partial charge in [0, 0.05) is 13.1 Å². The number of methoxy groups -OCH3 is 2. The summed E-state index contributed by atoms with van der Waals surface area (Å²) in [7, 11) is 2.38. The Labute approximate surface area is 200 Å². The Morgan fingerprint density at radius 3 is 2.00 bits per heavy atom. The molecule has 0 aliphatic heterocycles. The van der Waals surface area contributed by atoms with Crippen LogP contribution in [0, 0.1) is 0 Å². The van der Waals surface area contributed by atoms with E-state index in [4.69, 9.17) is 14.2 Å². The lowest BCUT2D eigenvalue weighted by Gasteiger charge is -2.19. The summed E-state index contributed by atoms with van der Waals surface area (Å²) in [5.74, 6) is -1.76. The molecule has 0 heterocycles. The van der Waals surface area contributed by atoms with Gasteiger partial charge in [-0.25, -0.2) is 14.4 Å². The van der Waals surface area contributed by atoms with Crippen molar-refractivity contribution in [2.75, 3.05) is 33.9 Å². The van der Waals surface area contributed by atoms with E-state index in [1.165, 1.54) is 32.4 Å². The van der Waals surface area contributed by atoms with Crippen LogP contribution in [-0.4, -0.2) is 63.5 Å². The monoisotopic (exact) mass is 480 g/mol. The number of ether oxygens (including phenoxy) is 4. The molecule has 0 saturated heterocycles. The van der Waals surface area contributed by atoms with Crippen molar-refractivity contribution in [2.45, 2.75) is 58.5 Å². The first kappa shape index (κ1) is 28.7. The first-order valence-electron chi connectivity index (χ1n) is 11.2. The molecule has 0 spiro atoms. The van der Waals surface area contributed by atoms with Crippen molar-refractivity contribution in [1.82, 2.24) is 10.6 Å². The van der Waals surface area contributed by atoms with E-state index in [0.29, 0.717) is 13.1 Å². The first-order chi connectivity index (χ1) is 16.1. The predicted octanol–water partition coefficient (Wildman–Crippen LogP) is 3.23. The van der Waals surface area contributed by atoms with E-state index in [1.54, 1.807) is 0 Å². The number of carbonyl (C=O) groups is 4. The standard InChI is InChI=1S/C24H36N2O8/c1-24(2,3)34-23(30)26-15-10-8-6-7-9-14-25-19(27)16-33-18-13-11-12-17(21(28)31-4)20(18)22(29)32-5/h11-13H,6-10,14-16H2,1-5H3,(H,25,27)(H,26,30). The molecule has 0 aliphatic carbocycles. The Kier molecular flexibility index (Phi) is 12.5. The van der Waals surface area contributed by atoms with Crippen molar-refractivity contribution in [3.63, 3.8) is 0 Å². The van der Waals surface area contributed by atoms with Gasteiger partial charge in [-0.2, -0.15) is 0 Å². The van der Waals surface area contributed by atoms with E-state index >= 15 is 0 Å². The Balaban J connectivity index is 2.28. The number of hydrogen-bond donors (Lipinski definition) is 2. The van der Waals surface area contributed by atoms with Crippen LogP contribution in [0.4, 0.5) is 4.79 Å². The van der Waals surface area contributed by atoms with Crippen LogP contribution in [0.3, 0.4) is 0 Å². The molecule has 0 aromatic heterocycles. The molecule has 0 radical (unpaired) electrons. The summed E-state index contributed by atoms with van der Waals surface area (Å²) in [5.41, 5.74) is -0.601. The summed E-state index contributed by atoms with van der Waals surface area (Å²) >= 11 is 0. The molecule has 0 aliphatic rings. The van der Waals surface area contributed by atoms with Gasteiger partial charge in [0.2, 0.25) is 0 Å². The molecule has 0 bridgehead atoms. The number of benzene rings is 1. The number of nitrogens with one attached hydrogen (secondary N) is 2. The third kappa shape index (κ3) is 11.0. The quantitative estimate of drug-likeness (QED) is 0.250. The van der Waals surface area contributed by atoms with Crippen LogP contribution in [-0.2, 0) is 19.0 Å². The van der Waals surface area contributed by atoms with Gasteiger partial charge in [-0.3, -0.25) is 4.79 Å². The second-order valence-corrected chi connectivity index (χ2v) is 8.50. The summed E-state index contributed by atoms with van der Waals surface area (Å²) < 4.78 is 20.0. The fourth-order valence-electron chi connectivity index (χ4n) is 2.95. The first-order valence-corrected chi connectivity index (χ1v) is 11.2. The number of unbranched alkanes of at least 4 members (excludes halogenated alkanes) is 4. The van der Waals surface area contributed by atoms with E-state index in [1.807, 2.05) is 20.8 Å². The lowest BCUT2D eigenvalue weighted by atomic mass is 10.1. The van der Waals surface area contributed by atoms with Gasteiger partial charge in [0.05, 0.1) is 19.8 Å². The molecular formula is C24H36N2O8. The van der Waals surface area contributed by atoms with Crippen molar-refractivity contribution >= 4 is 23.9 Å². The fourth-order valence-corrected chi connectivity index (χ4v) is 2.95. The molecule has 2 N–H and O–H groups in total. The number of amides is 2. The summed E-state index contributed by atoms with van der Waals surface area (Å²) in [6.07, 6.45) is 4.11. The minimum absolute atomic E-state index is 0.00597. The zero-order valence-corrected chi connectivity index (χ0v) is 20.7. The maximum atomic E-state index is 12.1. The molecule has 0 saturated carbocycles. The summed E-state index contributed by atoms with van der Waals surface area (Å²) in [5, 5.41) is 5.48. The predicted molar refractivity (Wildman–Crippen MR) is 125 cm³/mol. The van der Waals surface area contributed by atoms with Crippen molar-refractivity contribution in [2.24, 2.45) is 0 Å². The summed E-state index contributed by atoms with van der Waals surface area (Å²) in [4.78, 5) is 47.7. The minimum atomic E-state index is -0.766. The highest BCUT2D eigenvalue weighted by molar-refractivity contribution is 6.05. The average Bonchev–Trinajstić information content (AvgIpc) is 2.79. The lowest BCUT2D eigenvalue weighted by molar-refractivity contribution is -0.123. The van der Waals surface area contributed by atoms with Gasteiger partial charge >= 0.3 is 18.0 Å². The third-order valence-corrected chi connectivity index (χ3v) is 4.52. The third-order valence-electron chi connectivity index (χ3n) is 4.52. The molecule has 10 heteroatoms. The molecular weight excluding hydrogens is 444 g/mol. The van der Waals surface area contributed by atoms with E-state index < -0.39 is 23.6 Å². The van der Waals surface area contributed by atoms with Crippen LogP contribution in [0.25, 0.3) is 0 Å². The average molecular weight is 481 g/mol.